The van der Waals surface area contributed by atoms with Crippen molar-refractivity contribution in [3.05, 3.63) is 81.6 Å². The van der Waals surface area contributed by atoms with Crippen molar-refractivity contribution in [1.82, 2.24) is 5.32 Å². The highest BCUT2D eigenvalue weighted by molar-refractivity contribution is 6.32. The van der Waals surface area contributed by atoms with Gasteiger partial charge in [-0.3, -0.25) is 9.59 Å². The molecule has 2 atom stereocenters. The van der Waals surface area contributed by atoms with Crippen molar-refractivity contribution in [1.29, 1.82) is 0 Å². The number of hydrogen-bond acceptors (Lipinski definition) is 4. The highest BCUT2D eigenvalue weighted by atomic mass is 35.5. The lowest BCUT2D eigenvalue weighted by atomic mass is 9.94. The van der Waals surface area contributed by atoms with Gasteiger partial charge in [-0.2, -0.15) is 0 Å². The number of benzene rings is 3. The van der Waals surface area contributed by atoms with Gasteiger partial charge >= 0.3 is 5.97 Å². The SMILES string of the molecule is COc1c(F)cc(C(C)Nc2cccc(-c3cc(C)c(C(=O)N[C@@H](C)C(=O)O)c(C)c3)c2)cc1Cl. The summed E-state index contributed by atoms with van der Waals surface area (Å²) in [6.45, 7) is 6.98. The smallest absolute Gasteiger partial charge is 0.325 e. The summed E-state index contributed by atoms with van der Waals surface area (Å²) in [4.78, 5) is 23.7. The Kier molecular flexibility index (Phi) is 8.02. The van der Waals surface area contributed by atoms with Crippen LogP contribution in [0.5, 0.6) is 5.75 Å². The third kappa shape index (κ3) is 5.92. The average molecular weight is 499 g/mol. The van der Waals surface area contributed by atoms with E-state index in [4.69, 9.17) is 21.4 Å². The number of halogens is 2. The fraction of sp³-hybridized carbons (Fsp3) is 0.259. The molecule has 0 fully saturated rings. The van der Waals surface area contributed by atoms with E-state index in [0.717, 1.165) is 27.9 Å². The van der Waals surface area contributed by atoms with Crippen molar-refractivity contribution in [3.63, 3.8) is 0 Å². The van der Waals surface area contributed by atoms with Crippen LogP contribution in [-0.4, -0.2) is 30.1 Å². The van der Waals surface area contributed by atoms with Crippen LogP contribution in [0.1, 0.15) is 46.9 Å². The van der Waals surface area contributed by atoms with Crippen molar-refractivity contribution in [2.45, 2.75) is 39.8 Å². The van der Waals surface area contributed by atoms with E-state index in [9.17, 15) is 14.0 Å². The Labute approximate surface area is 209 Å². The standard InChI is InChI=1S/C27H28ClFN2O4/c1-14-9-20(10-15(2)24(14)26(32)31-17(4)27(33)34)18-7-6-8-21(11-18)30-16(3)19-12-22(28)25(35-5)23(29)13-19/h6-13,16-17,30H,1-5H3,(H,31,32)(H,33,34)/t16?,17-/m0/s1. The Morgan fingerprint density at radius 2 is 1.69 bits per heavy atom. The van der Waals surface area contributed by atoms with Gasteiger partial charge in [-0.15, -0.1) is 0 Å². The molecule has 0 saturated heterocycles. The van der Waals surface area contributed by atoms with Crippen LogP contribution in [0.2, 0.25) is 5.02 Å². The number of rotatable bonds is 8. The highest BCUT2D eigenvalue weighted by Crippen LogP contribution is 2.33. The van der Waals surface area contributed by atoms with E-state index >= 15 is 0 Å². The maximum Gasteiger partial charge on any atom is 0.325 e. The Morgan fingerprint density at radius 1 is 1.03 bits per heavy atom. The minimum absolute atomic E-state index is 0.0184. The van der Waals surface area contributed by atoms with Crippen LogP contribution in [0.4, 0.5) is 10.1 Å². The van der Waals surface area contributed by atoms with Gasteiger partial charge in [0.05, 0.1) is 12.1 Å². The van der Waals surface area contributed by atoms with Gasteiger partial charge in [0, 0.05) is 17.3 Å². The maximum absolute atomic E-state index is 14.3. The molecular formula is C27H28ClFN2O4. The van der Waals surface area contributed by atoms with E-state index in [1.807, 2.05) is 57.2 Å². The molecule has 35 heavy (non-hydrogen) atoms. The summed E-state index contributed by atoms with van der Waals surface area (Å²) in [5.41, 5.74) is 5.29. The fourth-order valence-corrected chi connectivity index (χ4v) is 4.26. The van der Waals surface area contributed by atoms with Crippen LogP contribution in [0.3, 0.4) is 0 Å². The molecule has 6 nitrogen and oxygen atoms in total. The monoisotopic (exact) mass is 498 g/mol. The second-order valence-corrected chi connectivity index (χ2v) is 8.89. The first-order valence-electron chi connectivity index (χ1n) is 11.1. The molecule has 184 valence electrons. The number of carbonyl (C=O) groups excluding carboxylic acids is 1. The second kappa shape index (κ2) is 10.8. The molecule has 0 bridgehead atoms. The molecule has 0 radical (unpaired) electrons. The molecule has 3 aromatic rings. The topological polar surface area (TPSA) is 87.7 Å². The number of aliphatic carboxylic acids is 1. The zero-order chi connectivity index (χ0) is 25.9. The van der Waals surface area contributed by atoms with E-state index in [2.05, 4.69) is 10.6 Å². The lowest BCUT2D eigenvalue weighted by Gasteiger charge is -2.18. The van der Waals surface area contributed by atoms with E-state index in [1.54, 1.807) is 6.07 Å². The van der Waals surface area contributed by atoms with Gasteiger partial charge in [0.25, 0.3) is 5.91 Å². The van der Waals surface area contributed by atoms with E-state index in [1.165, 1.54) is 20.1 Å². The van der Waals surface area contributed by atoms with E-state index in [0.29, 0.717) is 11.1 Å². The first kappa shape index (κ1) is 26.0. The largest absolute Gasteiger partial charge is 0.492 e. The van der Waals surface area contributed by atoms with Crippen molar-refractivity contribution < 1.29 is 23.8 Å². The maximum atomic E-state index is 14.3. The second-order valence-electron chi connectivity index (χ2n) is 8.48. The number of ether oxygens (including phenoxy) is 1. The normalized spacial score (nSPS) is 12.5. The summed E-state index contributed by atoms with van der Waals surface area (Å²) in [7, 11) is 1.37. The van der Waals surface area contributed by atoms with Crippen molar-refractivity contribution in [2.24, 2.45) is 0 Å². The molecule has 3 N–H and O–H groups in total. The minimum Gasteiger partial charge on any atom is -0.492 e. The predicted molar refractivity (Wildman–Crippen MR) is 136 cm³/mol. The number of anilines is 1. The van der Waals surface area contributed by atoms with Gasteiger partial charge in [-0.25, -0.2) is 4.39 Å². The summed E-state index contributed by atoms with van der Waals surface area (Å²) < 4.78 is 19.3. The summed E-state index contributed by atoms with van der Waals surface area (Å²) in [6.07, 6.45) is 0. The zero-order valence-corrected chi connectivity index (χ0v) is 21.0. The summed E-state index contributed by atoms with van der Waals surface area (Å²) >= 11 is 6.14. The van der Waals surface area contributed by atoms with Gasteiger partial charge in [0.1, 0.15) is 6.04 Å². The molecule has 0 spiro atoms. The third-order valence-electron chi connectivity index (χ3n) is 5.78. The molecule has 0 aliphatic carbocycles. The zero-order valence-electron chi connectivity index (χ0n) is 20.2. The summed E-state index contributed by atoms with van der Waals surface area (Å²) in [5, 5.41) is 15.1. The molecule has 0 aromatic heterocycles. The summed E-state index contributed by atoms with van der Waals surface area (Å²) in [5.74, 6) is -2.02. The van der Waals surface area contributed by atoms with Crippen molar-refractivity contribution in [2.75, 3.05) is 12.4 Å². The van der Waals surface area contributed by atoms with Crippen LogP contribution >= 0.6 is 11.6 Å². The first-order chi connectivity index (χ1) is 16.5. The molecule has 8 heteroatoms. The fourth-order valence-electron chi connectivity index (χ4n) is 3.97. The Bertz CT molecular complexity index is 1230. The number of methoxy groups -OCH3 is 1. The van der Waals surface area contributed by atoms with Gasteiger partial charge < -0.3 is 20.5 Å². The third-order valence-corrected chi connectivity index (χ3v) is 6.06. The van der Waals surface area contributed by atoms with Crippen molar-refractivity contribution in [3.8, 4) is 16.9 Å². The molecule has 1 amide bonds. The lowest BCUT2D eigenvalue weighted by Crippen LogP contribution is -2.38. The molecule has 0 heterocycles. The van der Waals surface area contributed by atoms with Gasteiger partial charge in [0.15, 0.2) is 11.6 Å². The quantitative estimate of drug-likeness (QED) is 0.347. The molecular weight excluding hydrogens is 471 g/mol. The number of amides is 1. The number of aryl methyl sites for hydroxylation is 2. The van der Waals surface area contributed by atoms with E-state index in [-0.39, 0.29) is 16.8 Å². The van der Waals surface area contributed by atoms with Gasteiger partial charge in [-0.05, 0) is 79.8 Å². The molecule has 1 unspecified atom stereocenters. The minimum atomic E-state index is -1.09. The lowest BCUT2D eigenvalue weighted by molar-refractivity contribution is -0.138. The Balaban J connectivity index is 1.85. The van der Waals surface area contributed by atoms with Crippen LogP contribution < -0.4 is 15.4 Å². The van der Waals surface area contributed by atoms with Crippen LogP contribution in [0, 0.1) is 19.7 Å². The van der Waals surface area contributed by atoms with Crippen LogP contribution in [0.15, 0.2) is 48.5 Å². The van der Waals surface area contributed by atoms with Gasteiger partial charge in [0.2, 0.25) is 0 Å². The van der Waals surface area contributed by atoms with Gasteiger partial charge in [-0.1, -0.05) is 35.9 Å². The summed E-state index contributed by atoms with van der Waals surface area (Å²) in [6, 6.07) is 13.4. The number of carboxylic acids is 1. The molecule has 0 aliphatic rings. The van der Waals surface area contributed by atoms with Crippen LogP contribution in [-0.2, 0) is 4.79 Å². The highest BCUT2D eigenvalue weighted by Gasteiger charge is 2.19. The number of carboxylic acid groups (broad SMARTS) is 1. The van der Waals surface area contributed by atoms with Crippen molar-refractivity contribution >= 4 is 29.2 Å². The molecule has 3 rings (SSSR count). The number of hydrogen-bond donors (Lipinski definition) is 3. The average Bonchev–Trinajstić information content (AvgIpc) is 2.78. The number of carbonyl (C=O) groups is 2. The predicted octanol–water partition coefficient (Wildman–Crippen LogP) is 6.15. The molecule has 0 aliphatic heterocycles. The van der Waals surface area contributed by atoms with E-state index < -0.39 is 23.7 Å². The van der Waals surface area contributed by atoms with Crippen LogP contribution in [0.25, 0.3) is 11.1 Å². The Morgan fingerprint density at radius 3 is 2.26 bits per heavy atom. The first-order valence-corrected chi connectivity index (χ1v) is 11.4. The Hall–Kier alpha value is -3.58. The molecule has 3 aromatic carbocycles. The number of nitrogens with one attached hydrogen (secondary N) is 2. The molecule has 0 saturated carbocycles.